The first-order valence-electron chi connectivity index (χ1n) is 17.8. The highest BCUT2D eigenvalue weighted by Crippen LogP contribution is 2.48. The molecule has 3 aliphatic rings. The third-order valence-corrected chi connectivity index (χ3v) is 10.1. The molecule has 0 fully saturated rings. The standard InChI is InChI=1S/C45H42N4.C2H6/c1-4-11-33-27(3)34-15-8-17-41(47)43(34)38(33)21-19-29-26-40-31(24-28(29)12-10-23-46)25-30(32(5-2)45(40)49)20-22-39-36-14-7-6-13-35(36)37-16-9-18-42(48)44(37)39;1-2/h4-18,21-23,25-26H,2,19-20,24,46-49H2,1,3H3;1-2H3/b11-4-,23-10-,28-12+,38-21-,39-22-;. The highest BCUT2D eigenvalue weighted by Gasteiger charge is 2.27. The van der Waals surface area contributed by atoms with Crippen LogP contribution in [0.4, 0.5) is 17.1 Å². The van der Waals surface area contributed by atoms with Crippen LogP contribution in [-0.2, 0) is 12.8 Å². The molecule has 0 aromatic heterocycles. The van der Waals surface area contributed by atoms with Crippen LogP contribution < -0.4 is 22.9 Å². The Labute approximate surface area is 303 Å². The van der Waals surface area contributed by atoms with Crippen molar-refractivity contribution in [3.8, 4) is 11.1 Å². The lowest BCUT2D eigenvalue weighted by atomic mass is 9.82. The lowest BCUT2D eigenvalue weighted by molar-refractivity contribution is 1.07. The molecule has 0 saturated carbocycles. The summed E-state index contributed by atoms with van der Waals surface area (Å²) >= 11 is 0. The molecule has 0 bridgehead atoms. The van der Waals surface area contributed by atoms with Gasteiger partial charge in [-0.1, -0.05) is 111 Å². The van der Waals surface area contributed by atoms with Gasteiger partial charge in [-0.3, -0.25) is 0 Å². The van der Waals surface area contributed by atoms with Crippen molar-refractivity contribution >= 4 is 45.9 Å². The second kappa shape index (κ2) is 14.9. The lowest BCUT2D eigenvalue weighted by Crippen LogP contribution is -2.09. The molecule has 0 radical (unpaired) electrons. The van der Waals surface area contributed by atoms with Gasteiger partial charge in [0.2, 0.25) is 0 Å². The van der Waals surface area contributed by atoms with Gasteiger partial charge in [-0.15, -0.1) is 0 Å². The van der Waals surface area contributed by atoms with Gasteiger partial charge in [0.25, 0.3) is 0 Å². The molecule has 4 heteroatoms. The first-order chi connectivity index (χ1) is 24.9. The van der Waals surface area contributed by atoms with Gasteiger partial charge in [-0.2, -0.15) is 0 Å². The summed E-state index contributed by atoms with van der Waals surface area (Å²) < 4.78 is 0. The van der Waals surface area contributed by atoms with E-state index in [1.165, 1.54) is 55.7 Å². The molecule has 4 aromatic rings. The first-order valence-corrected chi connectivity index (χ1v) is 17.8. The second-order valence-electron chi connectivity index (χ2n) is 12.8. The van der Waals surface area contributed by atoms with Crippen molar-refractivity contribution in [1.82, 2.24) is 0 Å². The first kappa shape index (κ1) is 34.8. The molecule has 0 atom stereocenters. The van der Waals surface area contributed by atoms with Gasteiger partial charge in [0.1, 0.15) is 0 Å². The predicted molar refractivity (Wildman–Crippen MR) is 223 cm³/mol. The van der Waals surface area contributed by atoms with Crippen LogP contribution in [0.2, 0.25) is 0 Å². The zero-order chi connectivity index (χ0) is 36.2. The van der Waals surface area contributed by atoms with E-state index in [1.54, 1.807) is 6.20 Å². The van der Waals surface area contributed by atoms with Gasteiger partial charge in [0.05, 0.1) is 0 Å². The number of fused-ring (bicyclic) bond motifs is 5. The number of hydrogen-bond donors (Lipinski definition) is 4. The number of rotatable bonds is 7. The summed E-state index contributed by atoms with van der Waals surface area (Å²) in [4.78, 5) is 0. The molecule has 3 aliphatic carbocycles. The SMILES string of the molecule is C=Cc1c(C/C=C2/c3ccccc3-c3cccc(N)c32)cc2c(c1N)C=C(C/C=C1/C(/C=C\C)=C(C)c3cccc(N)c31)/C(=C/C=C\N)C2.CC. The summed E-state index contributed by atoms with van der Waals surface area (Å²) in [7, 11) is 0. The van der Waals surface area contributed by atoms with Crippen molar-refractivity contribution in [2.24, 2.45) is 5.73 Å². The Hall–Kier alpha value is -6.00. The Bertz CT molecular complexity index is 2270. The molecule has 51 heavy (non-hydrogen) atoms. The molecule has 7 rings (SSSR count). The van der Waals surface area contributed by atoms with Gasteiger partial charge in [-0.05, 0) is 130 Å². The maximum Gasteiger partial charge on any atom is 0.0466 e. The minimum absolute atomic E-state index is 0.695. The Morgan fingerprint density at radius 1 is 0.784 bits per heavy atom. The minimum Gasteiger partial charge on any atom is -0.405 e. The summed E-state index contributed by atoms with van der Waals surface area (Å²) in [5, 5.41) is 0. The van der Waals surface area contributed by atoms with Crippen LogP contribution in [0.1, 0.15) is 78.6 Å². The maximum atomic E-state index is 7.01. The monoisotopic (exact) mass is 668 g/mol. The molecule has 8 N–H and O–H groups in total. The van der Waals surface area contributed by atoms with E-state index < -0.39 is 0 Å². The molecule has 0 saturated heterocycles. The van der Waals surface area contributed by atoms with E-state index in [1.807, 2.05) is 50.3 Å². The number of benzene rings is 4. The summed E-state index contributed by atoms with van der Waals surface area (Å²) in [5.74, 6) is 0. The Morgan fingerprint density at radius 2 is 1.43 bits per heavy atom. The molecule has 4 nitrogen and oxygen atoms in total. The minimum atomic E-state index is 0.695. The van der Waals surface area contributed by atoms with Gasteiger partial charge in [-0.25, -0.2) is 0 Å². The van der Waals surface area contributed by atoms with E-state index in [-0.39, 0.29) is 0 Å². The Morgan fingerprint density at radius 3 is 2.12 bits per heavy atom. The highest BCUT2D eigenvalue weighted by molar-refractivity contribution is 6.06. The van der Waals surface area contributed by atoms with Crippen molar-refractivity contribution in [3.05, 3.63) is 177 Å². The zero-order valence-corrected chi connectivity index (χ0v) is 30.2. The fraction of sp³-hybridized carbons (Fsp3) is 0.149. The number of nitrogens with two attached hydrogens (primary N) is 4. The van der Waals surface area contributed by atoms with Crippen LogP contribution in [0.5, 0.6) is 0 Å². The molecule has 0 spiro atoms. The molecule has 0 heterocycles. The van der Waals surface area contributed by atoms with E-state index in [9.17, 15) is 0 Å². The van der Waals surface area contributed by atoms with Crippen LogP contribution in [0.25, 0.3) is 40.0 Å². The lowest BCUT2D eigenvalue weighted by Gasteiger charge is -2.24. The highest BCUT2D eigenvalue weighted by atomic mass is 14.6. The van der Waals surface area contributed by atoms with E-state index in [2.05, 4.69) is 99.3 Å². The molecule has 0 unspecified atom stereocenters. The maximum absolute atomic E-state index is 7.01. The molecule has 256 valence electrons. The molecule has 0 aliphatic heterocycles. The van der Waals surface area contributed by atoms with Crippen molar-refractivity contribution in [2.75, 3.05) is 17.2 Å². The summed E-state index contributed by atoms with van der Waals surface area (Å²) in [6.45, 7) is 12.4. The summed E-state index contributed by atoms with van der Waals surface area (Å²) in [5.41, 5.74) is 46.8. The molecular formula is C47H48N4. The average molecular weight is 669 g/mol. The van der Waals surface area contributed by atoms with Gasteiger partial charge in [0, 0.05) is 39.3 Å². The predicted octanol–water partition coefficient (Wildman–Crippen LogP) is 10.9. The topological polar surface area (TPSA) is 104 Å². The zero-order valence-electron chi connectivity index (χ0n) is 30.2. The largest absolute Gasteiger partial charge is 0.405 e. The fourth-order valence-electron chi connectivity index (χ4n) is 7.77. The quantitative estimate of drug-likeness (QED) is 0.130. The Kier molecular flexibility index (Phi) is 10.2. The fourth-order valence-corrected chi connectivity index (χ4v) is 7.77. The normalized spacial score (nSPS) is 16.7. The molecule has 0 amide bonds. The van der Waals surface area contributed by atoms with Crippen molar-refractivity contribution in [1.29, 1.82) is 0 Å². The second-order valence-corrected chi connectivity index (χ2v) is 12.8. The number of allylic oxidation sites excluding steroid dienone is 11. The van der Waals surface area contributed by atoms with Gasteiger partial charge in [0.15, 0.2) is 0 Å². The van der Waals surface area contributed by atoms with Crippen molar-refractivity contribution in [3.63, 3.8) is 0 Å². The van der Waals surface area contributed by atoms with Crippen molar-refractivity contribution < 1.29 is 0 Å². The summed E-state index contributed by atoms with van der Waals surface area (Å²) in [6.07, 6.45) is 20.8. The van der Waals surface area contributed by atoms with Crippen LogP contribution in [0.15, 0.2) is 133 Å². The van der Waals surface area contributed by atoms with Crippen LogP contribution in [-0.4, -0.2) is 0 Å². The van der Waals surface area contributed by atoms with E-state index in [0.29, 0.717) is 6.42 Å². The summed E-state index contributed by atoms with van der Waals surface area (Å²) in [6, 6.07) is 23.1. The van der Waals surface area contributed by atoms with Gasteiger partial charge >= 0.3 is 0 Å². The smallest absolute Gasteiger partial charge is 0.0466 e. The van der Waals surface area contributed by atoms with Crippen LogP contribution >= 0.6 is 0 Å². The number of anilines is 3. The van der Waals surface area contributed by atoms with E-state index >= 15 is 0 Å². The number of hydrogen-bond acceptors (Lipinski definition) is 4. The van der Waals surface area contributed by atoms with Gasteiger partial charge < -0.3 is 22.9 Å². The molecular weight excluding hydrogens is 621 g/mol. The number of nitrogen functional groups attached to an aromatic ring is 3. The molecule has 4 aromatic carbocycles. The van der Waals surface area contributed by atoms with E-state index in [0.717, 1.165) is 63.3 Å². The average Bonchev–Trinajstić information content (AvgIpc) is 3.62. The van der Waals surface area contributed by atoms with Crippen molar-refractivity contribution in [2.45, 2.75) is 47.0 Å². The third-order valence-electron chi connectivity index (χ3n) is 10.1. The van der Waals surface area contributed by atoms with E-state index in [4.69, 9.17) is 22.9 Å². The Balaban J connectivity index is 0.00000220. The van der Waals surface area contributed by atoms with Crippen LogP contribution in [0.3, 0.4) is 0 Å². The third kappa shape index (κ3) is 6.19. The van der Waals surface area contributed by atoms with Crippen LogP contribution in [0, 0.1) is 0 Å².